The van der Waals surface area contributed by atoms with Gasteiger partial charge in [-0.2, -0.15) is 8.75 Å². The number of benzene rings is 2. The van der Waals surface area contributed by atoms with E-state index in [9.17, 15) is 9.90 Å². The lowest BCUT2D eigenvalue weighted by atomic mass is 9.80. The molecule has 1 fully saturated rings. The van der Waals surface area contributed by atoms with E-state index in [-0.39, 0.29) is 0 Å². The summed E-state index contributed by atoms with van der Waals surface area (Å²) in [4.78, 5) is 13.2. The zero-order valence-corrected chi connectivity index (χ0v) is 18.7. The molecule has 160 valence electrons. The fraction of sp³-hybridized carbons (Fsp3) is 0.400. The minimum Gasteiger partial charge on any atom is -0.421 e. The van der Waals surface area contributed by atoms with Gasteiger partial charge in [0.15, 0.2) is 0 Å². The molecule has 0 saturated heterocycles. The van der Waals surface area contributed by atoms with Crippen LogP contribution in [0.2, 0.25) is 0 Å². The topological polar surface area (TPSA) is 72.3 Å². The number of rotatable bonds is 4. The molecule has 0 spiro atoms. The van der Waals surface area contributed by atoms with Gasteiger partial charge in [-0.1, -0.05) is 50.3 Å². The van der Waals surface area contributed by atoms with E-state index in [2.05, 4.69) is 8.75 Å². The highest BCUT2D eigenvalue weighted by Gasteiger charge is 2.48. The van der Waals surface area contributed by atoms with Crippen molar-refractivity contribution in [2.75, 3.05) is 0 Å². The molecule has 2 aromatic carbocycles. The molecule has 1 aromatic heterocycles. The van der Waals surface area contributed by atoms with Crippen LogP contribution in [-0.2, 0) is 15.3 Å². The normalized spacial score (nSPS) is 22.4. The average molecular weight is 435 g/mol. The van der Waals surface area contributed by atoms with Crippen LogP contribution in [0.3, 0.4) is 0 Å². The second-order valence-electron chi connectivity index (χ2n) is 8.86. The first-order valence-electron chi connectivity index (χ1n) is 11.0. The minimum absolute atomic E-state index is 0.441. The summed E-state index contributed by atoms with van der Waals surface area (Å²) < 4.78 is 14.3. The summed E-state index contributed by atoms with van der Waals surface area (Å²) in [6, 6.07) is 11.4. The first-order valence-corrected chi connectivity index (χ1v) is 11.7. The Kier molecular flexibility index (Phi) is 5.15. The van der Waals surface area contributed by atoms with E-state index in [0.717, 1.165) is 52.3 Å². The minimum atomic E-state index is -1.74. The summed E-state index contributed by atoms with van der Waals surface area (Å²) in [7, 11) is 0. The Morgan fingerprint density at radius 2 is 1.81 bits per heavy atom. The van der Waals surface area contributed by atoms with Crippen LogP contribution >= 0.6 is 11.7 Å². The van der Waals surface area contributed by atoms with Gasteiger partial charge in [0.05, 0.1) is 17.3 Å². The van der Waals surface area contributed by atoms with Crippen molar-refractivity contribution in [3.63, 3.8) is 0 Å². The number of ether oxygens (including phenoxy) is 1. The molecule has 1 N–H and O–H groups in total. The number of carbonyl (C=O) groups excluding carboxylic acids is 1. The maximum Gasteiger partial charge on any atom is 0.341 e. The van der Waals surface area contributed by atoms with Crippen LogP contribution in [0.15, 0.2) is 42.0 Å². The summed E-state index contributed by atoms with van der Waals surface area (Å²) in [5.74, 6) is -1.78. The number of hydrogen-bond donors (Lipinski definition) is 1. The van der Waals surface area contributed by atoms with E-state index in [0.29, 0.717) is 29.0 Å². The number of carbonyl (C=O) groups is 1. The average Bonchev–Trinajstić information content (AvgIpc) is 3.33. The van der Waals surface area contributed by atoms with Gasteiger partial charge < -0.3 is 9.84 Å². The molecule has 1 atom stereocenters. The lowest BCUT2D eigenvalue weighted by Gasteiger charge is -2.30. The van der Waals surface area contributed by atoms with Crippen molar-refractivity contribution in [3.05, 3.63) is 64.2 Å². The number of nitrogens with zero attached hydrogens (tertiary/aromatic N) is 2. The van der Waals surface area contributed by atoms with Gasteiger partial charge in [-0.25, -0.2) is 4.79 Å². The molecule has 5 rings (SSSR count). The molecule has 3 aromatic rings. The van der Waals surface area contributed by atoms with E-state index in [4.69, 9.17) is 4.74 Å². The van der Waals surface area contributed by atoms with Gasteiger partial charge in [0, 0.05) is 11.1 Å². The molecule has 1 unspecified atom stereocenters. The van der Waals surface area contributed by atoms with E-state index >= 15 is 0 Å². The molecule has 31 heavy (non-hydrogen) atoms. The number of cyclic esters (lactones) is 1. The third kappa shape index (κ3) is 3.58. The molecule has 2 aliphatic rings. The van der Waals surface area contributed by atoms with Crippen molar-refractivity contribution < 1.29 is 14.6 Å². The van der Waals surface area contributed by atoms with Gasteiger partial charge in [0.25, 0.3) is 5.79 Å². The zero-order chi connectivity index (χ0) is 21.6. The molecule has 1 aliphatic carbocycles. The first kappa shape index (κ1) is 20.3. The maximum atomic E-state index is 13.2. The lowest BCUT2D eigenvalue weighted by Crippen LogP contribution is -2.30. The van der Waals surface area contributed by atoms with Crippen molar-refractivity contribution in [3.8, 4) is 0 Å². The van der Waals surface area contributed by atoms with Crippen molar-refractivity contribution >= 4 is 34.3 Å². The van der Waals surface area contributed by atoms with E-state index in [1.165, 1.54) is 19.3 Å². The molecule has 0 amide bonds. The summed E-state index contributed by atoms with van der Waals surface area (Å²) in [6.45, 7) is 4.04. The Hall–Kier alpha value is -2.57. The van der Waals surface area contributed by atoms with Crippen molar-refractivity contribution in [1.82, 2.24) is 8.75 Å². The standard InChI is InChI=1S/C25H26N2O3S/c1-15-8-10-19(12-16(15)2)25(29)20(13-17-6-4-3-5-7-17)23(24(28)30-25)18-9-11-21-22(14-18)27-31-26-21/h8-12,14,17,29H,3-7,13H2,1-2H3. The van der Waals surface area contributed by atoms with Crippen molar-refractivity contribution in [2.45, 2.75) is 58.2 Å². The molecule has 6 heteroatoms. The third-order valence-corrected chi connectivity index (χ3v) is 7.37. The van der Waals surface area contributed by atoms with Crippen molar-refractivity contribution in [2.24, 2.45) is 5.92 Å². The first-order chi connectivity index (χ1) is 15.0. The highest BCUT2D eigenvalue weighted by Crippen LogP contribution is 2.47. The summed E-state index contributed by atoms with van der Waals surface area (Å²) in [5, 5.41) is 11.8. The monoisotopic (exact) mass is 434 g/mol. The Morgan fingerprint density at radius 1 is 1.03 bits per heavy atom. The van der Waals surface area contributed by atoms with Crippen LogP contribution in [0.5, 0.6) is 0 Å². The quantitative estimate of drug-likeness (QED) is 0.554. The van der Waals surface area contributed by atoms with Gasteiger partial charge in [-0.15, -0.1) is 0 Å². The van der Waals surface area contributed by atoms with Crippen LogP contribution in [0, 0.1) is 19.8 Å². The molecule has 1 saturated carbocycles. The molecule has 5 nitrogen and oxygen atoms in total. The number of fused-ring (bicyclic) bond motifs is 1. The Labute approximate surface area is 186 Å². The fourth-order valence-electron chi connectivity index (χ4n) is 4.87. The van der Waals surface area contributed by atoms with Crippen LogP contribution in [0.4, 0.5) is 0 Å². The summed E-state index contributed by atoms with van der Waals surface area (Å²) in [6.07, 6.45) is 6.53. The molecule has 1 aliphatic heterocycles. The van der Waals surface area contributed by atoms with Gasteiger partial charge in [0.2, 0.25) is 0 Å². The highest BCUT2D eigenvalue weighted by molar-refractivity contribution is 7.00. The van der Waals surface area contributed by atoms with E-state index in [1.807, 2.05) is 50.2 Å². The van der Waals surface area contributed by atoms with Gasteiger partial charge in [-0.3, -0.25) is 0 Å². The molecule has 0 bridgehead atoms. The van der Waals surface area contributed by atoms with Crippen LogP contribution in [-0.4, -0.2) is 19.8 Å². The van der Waals surface area contributed by atoms with E-state index < -0.39 is 11.8 Å². The predicted molar refractivity (Wildman–Crippen MR) is 121 cm³/mol. The maximum absolute atomic E-state index is 13.2. The molecule has 0 radical (unpaired) electrons. The highest BCUT2D eigenvalue weighted by atomic mass is 32.1. The van der Waals surface area contributed by atoms with Crippen LogP contribution < -0.4 is 0 Å². The number of aryl methyl sites for hydroxylation is 2. The number of esters is 1. The second kappa shape index (κ2) is 7.84. The lowest BCUT2D eigenvalue weighted by molar-refractivity contribution is -0.185. The molecular weight excluding hydrogens is 408 g/mol. The smallest absolute Gasteiger partial charge is 0.341 e. The second-order valence-corrected chi connectivity index (χ2v) is 9.39. The van der Waals surface area contributed by atoms with E-state index in [1.54, 1.807) is 0 Å². The number of aromatic nitrogens is 2. The summed E-state index contributed by atoms with van der Waals surface area (Å²) >= 11 is 1.15. The SMILES string of the molecule is Cc1ccc(C2(O)OC(=O)C(c3ccc4nsnc4c3)=C2CC2CCCCC2)cc1C. The molecular formula is C25H26N2O3S. The third-order valence-electron chi connectivity index (χ3n) is 6.81. The molecule has 2 heterocycles. The van der Waals surface area contributed by atoms with Gasteiger partial charge in [-0.05, 0) is 61.1 Å². The largest absolute Gasteiger partial charge is 0.421 e. The zero-order valence-electron chi connectivity index (χ0n) is 17.9. The van der Waals surface area contributed by atoms with Crippen LogP contribution in [0.25, 0.3) is 16.6 Å². The van der Waals surface area contributed by atoms with Gasteiger partial charge >= 0.3 is 5.97 Å². The van der Waals surface area contributed by atoms with Crippen LogP contribution in [0.1, 0.15) is 60.8 Å². The Morgan fingerprint density at radius 3 is 2.58 bits per heavy atom. The predicted octanol–water partition coefficient (Wildman–Crippen LogP) is 5.43. The fourth-order valence-corrected chi connectivity index (χ4v) is 5.39. The number of hydrogen-bond acceptors (Lipinski definition) is 6. The summed E-state index contributed by atoms with van der Waals surface area (Å²) in [5.41, 5.74) is 6.24. The Balaban J connectivity index is 1.66. The number of aliphatic hydroxyl groups is 1. The van der Waals surface area contributed by atoms with Crippen molar-refractivity contribution in [1.29, 1.82) is 0 Å². The van der Waals surface area contributed by atoms with Gasteiger partial charge in [0.1, 0.15) is 11.0 Å². The Bertz CT molecular complexity index is 1190.